The monoisotopic (exact) mass is 332 g/mol. The second kappa shape index (κ2) is 5.37. The zero-order valence-electron chi connectivity index (χ0n) is 12.6. The Morgan fingerprint density at radius 1 is 1.00 bits per heavy atom. The molecule has 4 nitrogen and oxygen atoms in total. The molecule has 0 amide bonds. The van der Waals surface area contributed by atoms with E-state index in [0.717, 1.165) is 21.3 Å². The van der Waals surface area contributed by atoms with E-state index in [1.165, 1.54) is 11.3 Å². The number of rotatable bonds is 2. The third-order valence-electron chi connectivity index (χ3n) is 3.59. The Bertz CT molecular complexity index is 1010. The molecule has 0 radical (unpaired) electrons. The van der Waals surface area contributed by atoms with Crippen molar-refractivity contribution < 1.29 is 8.42 Å². The van der Waals surface area contributed by atoms with E-state index in [0.29, 0.717) is 4.80 Å². The molecule has 1 aromatic heterocycles. The molecular formula is C16H16N2O2S2. The Balaban J connectivity index is 2.30. The molecule has 3 rings (SSSR count). The third kappa shape index (κ3) is 2.48. The lowest BCUT2D eigenvalue weighted by molar-refractivity contribution is 0.596. The van der Waals surface area contributed by atoms with Crippen LogP contribution in [0.1, 0.15) is 11.1 Å². The minimum atomic E-state index is -3.69. The molecule has 0 atom stereocenters. The Morgan fingerprint density at radius 3 is 2.27 bits per heavy atom. The number of nitrogens with zero attached hydrogens (tertiary/aromatic N) is 2. The molecule has 0 aliphatic rings. The van der Waals surface area contributed by atoms with Crippen molar-refractivity contribution in [2.24, 2.45) is 11.4 Å². The van der Waals surface area contributed by atoms with E-state index in [1.807, 2.05) is 37.6 Å². The molecule has 2 aromatic carbocycles. The van der Waals surface area contributed by atoms with Gasteiger partial charge in [-0.1, -0.05) is 41.7 Å². The summed E-state index contributed by atoms with van der Waals surface area (Å²) in [6.07, 6.45) is 0. The highest BCUT2D eigenvalue weighted by molar-refractivity contribution is 7.90. The van der Waals surface area contributed by atoms with Gasteiger partial charge in [0.05, 0.1) is 15.1 Å². The van der Waals surface area contributed by atoms with Gasteiger partial charge in [-0.3, -0.25) is 0 Å². The summed E-state index contributed by atoms with van der Waals surface area (Å²) in [5, 5.41) is 0. The van der Waals surface area contributed by atoms with Crippen LogP contribution < -0.4 is 4.80 Å². The lowest BCUT2D eigenvalue weighted by atomic mass is 10.1. The molecule has 22 heavy (non-hydrogen) atoms. The summed E-state index contributed by atoms with van der Waals surface area (Å²) < 4.78 is 31.8. The lowest BCUT2D eigenvalue weighted by Crippen LogP contribution is -2.14. The Morgan fingerprint density at radius 2 is 1.64 bits per heavy atom. The molecule has 0 unspecified atom stereocenters. The Labute approximate surface area is 133 Å². The maximum Gasteiger partial charge on any atom is 0.285 e. The molecule has 1 heterocycles. The van der Waals surface area contributed by atoms with Gasteiger partial charge in [0.25, 0.3) is 10.0 Å². The smallest absolute Gasteiger partial charge is 0.285 e. The minimum absolute atomic E-state index is 0.209. The molecule has 0 aliphatic heterocycles. The van der Waals surface area contributed by atoms with Gasteiger partial charge >= 0.3 is 0 Å². The van der Waals surface area contributed by atoms with E-state index in [-0.39, 0.29) is 4.90 Å². The summed E-state index contributed by atoms with van der Waals surface area (Å²) in [6, 6.07) is 12.4. The molecule has 0 saturated heterocycles. The number of aryl methyl sites for hydroxylation is 3. The van der Waals surface area contributed by atoms with E-state index in [1.54, 1.807) is 30.3 Å². The first-order valence-electron chi connectivity index (χ1n) is 6.82. The van der Waals surface area contributed by atoms with E-state index in [2.05, 4.69) is 4.40 Å². The molecule has 0 bridgehead atoms. The number of benzene rings is 2. The first-order chi connectivity index (χ1) is 10.4. The Kier molecular flexibility index (Phi) is 3.66. The molecule has 114 valence electrons. The van der Waals surface area contributed by atoms with Gasteiger partial charge in [-0.15, -0.1) is 4.40 Å². The molecule has 0 fully saturated rings. The average molecular weight is 332 g/mol. The van der Waals surface area contributed by atoms with Crippen LogP contribution in [0.5, 0.6) is 0 Å². The van der Waals surface area contributed by atoms with Gasteiger partial charge in [-0.05, 0) is 37.1 Å². The lowest BCUT2D eigenvalue weighted by Gasteiger charge is -2.02. The van der Waals surface area contributed by atoms with Crippen molar-refractivity contribution in [2.75, 3.05) is 0 Å². The normalized spacial score (nSPS) is 13.0. The van der Waals surface area contributed by atoms with E-state index in [4.69, 9.17) is 0 Å². The molecule has 0 saturated carbocycles. The fraction of sp³-hybridized carbons (Fsp3) is 0.188. The van der Waals surface area contributed by atoms with Crippen LogP contribution in [0.15, 0.2) is 51.8 Å². The highest BCUT2D eigenvalue weighted by atomic mass is 32.2. The van der Waals surface area contributed by atoms with Crippen LogP contribution >= 0.6 is 11.3 Å². The number of fused-ring (bicyclic) bond motifs is 1. The number of hydrogen-bond acceptors (Lipinski definition) is 3. The summed E-state index contributed by atoms with van der Waals surface area (Å²) >= 11 is 1.40. The largest absolute Gasteiger partial charge is 0.319 e. The second-order valence-electron chi connectivity index (χ2n) is 5.20. The van der Waals surface area contributed by atoms with Crippen molar-refractivity contribution in [3.05, 3.63) is 58.4 Å². The van der Waals surface area contributed by atoms with Crippen LogP contribution in [0.4, 0.5) is 0 Å². The molecule has 3 aromatic rings. The average Bonchev–Trinajstić information content (AvgIpc) is 2.82. The summed E-state index contributed by atoms with van der Waals surface area (Å²) in [6.45, 7) is 4.04. The Hall–Kier alpha value is -1.92. The fourth-order valence-electron chi connectivity index (χ4n) is 2.40. The van der Waals surface area contributed by atoms with Gasteiger partial charge in [0.2, 0.25) is 4.80 Å². The highest BCUT2D eigenvalue weighted by Gasteiger charge is 2.14. The van der Waals surface area contributed by atoms with Crippen LogP contribution in [0.3, 0.4) is 0 Å². The van der Waals surface area contributed by atoms with Gasteiger partial charge in [-0.25, -0.2) is 0 Å². The van der Waals surface area contributed by atoms with Crippen molar-refractivity contribution in [1.29, 1.82) is 0 Å². The van der Waals surface area contributed by atoms with Crippen LogP contribution in [0.2, 0.25) is 0 Å². The maximum atomic E-state index is 12.4. The predicted octanol–water partition coefficient (Wildman–Crippen LogP) is 3.15. The van der Waals surface area contributed by atoms with Crippen LogP contribution in [-0.2, 0) is 17.1 Å². The zero-order valence-corrected chi connectivity index (χ0v) is 14.2. The van der Waals surface area contributed by atoms with Gasteiger partial charge < -0.3 is 4.57 Å². The summed E-state index contributed by atoms with van der Waals surface area (Å²) in [7, 11) is -1.84. The van der Waals surface area contributed by atoms with Crippen molar-refractivity contribution >= 4 is 31.6 Å². The quantitative estimate of drug-likeness (QED) is 0.724. The summed E-state index contributed by atoms with van der Waals surface area (Å²) in [5.74, 6) is 0. The molecule has 0 N–H and O–H groups in total. The molecular weight excluding hydrogens is 316 g/mol. The number of sulfonamides is 1. The maximum absolute atomic E-state index is 12.4. The fourth-order valence-corrected chi connectivity index (χ4v) is 4.81. The highest BCUT2D eigenvalue weighted by Crippen LogP contribution is 2.24. The third-order valence-corrected chi connectivity index (χ3v) is 6.25. The molecule has 6 heteroatoms. The molecule has 0 spiro atoms. The first kappa shape index (κ1) is 15.0. The topological polar surface area (TPSA) is 51.4 Å². The number of hydrogen-bond donors (Lipinski definition) is 0. The predicted molar refractivity (Wildman–Crippen MR) is 89.5 cm³/mol. The van der Waals surface area contributed by atoms with Gasteiger partial charge in [-0.2, -0.15) is 8.42 Å². The van der Waals surface area contributed by atoms with Crippen molar-refractivity contribution in [3.63, 3.8) is 0 Å². The van der Waals surface area contributed by atoms with Crippen molar-refractivity contribution in [2.45, 2.75) is 18.7 Å². The zero-order chi connectivity index (χ0) is 15.9. The number of thiazole rings is 1. The minimum Gasteiger partial charge on any atom is -0.319 e. The first-order valence-corrected chi connectivity index (χ1v) is 9.07. The van der Waals surface area contributed by atoms with Gasteiger partial charge in [0, 0.05) is 7.05 Å². The van der Waals surface area contributed by atoms with E-state index in [9.17, 15) is 8.42 Å². The summed E-state index contributed by atoms with van der Waals surface area (Å²) in [5.41, 5.74) is 3.27. The van der Waals surface area contributed by atoms with Crippen molar-refractivity contribution in [1.82, 2.24) is 4.57 Å². The van der Waals surface area contributed by atoms with E-state index < -0.39 is 10.0 Å². The van der Waals surface area contributed by atoms with Crippen LogP contribution in [-0.4, -0.2) is 13.0 Å². The summed E-state index contributed by atoms with van der Waals surface area (Å²) in [4.78, 5) is 0.692. The SMILES string of the molecule is Cc1ccc(C)c2c1sc(=NS(=O)(=O)c1ccccc1)n2C. The van der Waals surface area contributed by atoms with Crippen molar-refractivity contribution in [3.8, 4) is 0 Å². The van der Waals surface area contributed by atoms with Crippen LogP contribution in [0.25, 0.3) is 10.2 Å². The second-order valence-corrected chi connectivity index (χ2v) is 7.78. The number of aromatic nitrogens is 1. The molecule has 0 aliphatic carbocycles. The van der Waals surface area contributed by atoms with Gasteiger partial charge in [0.15, 0.2) is 0 Å². The standard InChI is InChI=1S/C16H16N2O2S2/c1-11-9-10-12(2)15-14(11)18(3)16(21-15)17-22(19,20)13-7-5-4-6-8-13/h4-10H,1-3H3. The van der Waals surface area contributed by atoms with Gasteiger partial charge in [0.1, 0.15) is 0 Å². The van der Waals surface area contributed by atoms with E-state index >= 15 is 0 Å². The van der Waals surface area contributed by atoms with Crippen LogP contribution in [0, 0.1) is 13.8 Å².